The zero-order valence-electron chi connectivity index (χ0n) is 3.70. The first kappa shape index (κ1) is 7.26. The van der Waals surface area contributed by atoms with Crippen LogP contribution in [0.3, 0.4) is 0 Å². The fourth-order valence-corrected chi connectivity index (χ4v) is 0.161. The van der Waals surface area contributed by atoms with E-state index in [-0.39, 0.29) is 0 Å². The number of rotatable bonds is 1. The number of hydrogen-bond donors (Lipinski definition) is 1. The van der Waals surface area contributed by atoms with Crippen molar-refractivity contribution in [2.45, 2.75) is 6.18 Å². The van der Waals surface area contributed by atoms with Gasteiger partial charge in [-0.3, -0.25) is 4.79 Å². The Morgan fingerprint density at radius 1 is 1.50 bits per heavy atom. The molecule has 0 spiro atoms. The molecule has 2 nitrogen and oxygen atoms in total. The molecule has 0 aromatic rings. The van der Waals surface area contributed by atoms with Crippen LogP contribution in [-0.2, 0) is 4.79 Å². The Labute approximate surface area is 43.5 Å². The van der Waals surface area contributed by atoms with Crippen molar-refractivity contribution in [3.05, 3.63) is 6.42 Å². The third-order valence-electron chi connectivity index (χ3n) is 0.306. The van der Waals surface area contributed by atoms with Crippen LogP contribution in [0.1, 0.15) is 0 Å². The Morgan fingerprint density at radius 3 is 1.88 bits per heavy atom. The van der Waals surface area contributed by atoms with Crippen molar-refractivity contribution in [1.82, 2.24) is 0 Å². The van der Waals surface area contributed by atoms with Crippen LogP contribution in [0.25, 0.3) is 0 Å². The van der Waals surface area contributed by atoms with Crippen LogP contribution >= 0.6 is 0 Å². The molecule has 1 amide bonds. The third-order valence-corrected chi connectivity index (χ3v) is 0.306. The summed E-state index contributed by atoms with van der Waals surface area (Å²) < 4.78 is 32.8. The first-order valence-electron chi connectivity index (χ1n) is 1.64. The van der Waals surface area contributed by atoms with Crippen molar-refractivity contribution in [3.8, 4) is 0 Å². The number of hydrogen-bond acceptors (Lipinski definition) is 1. The molecule has 0 aliphatic carbocycles. The van der Waals surface area contributed by atoms with Gasteiger partial charge in [0, 0.05) is 0 Å². The van der Waals surface area contributed by atoms with E-state index in [9.17, 15) is 18.0 Å². The summed E-state index contributed by atoms with van der Waals surface area (Å²) in [6, 6.07) is 0. The van der Waals surface area contributed by atoms with E-state index >= 15 is 0 Å². The molecule has 5 heteroatoms. The summed E-state index contributed by atoms with van der Waals surface area (Å²) in [5.41, 5.74) is 4.16. The summed E-state index contributed by atoms with van der Waals surface area (Å²) in [7, 11) is 0. The lowest BCUT2D eigenvalue weighted by molar-refractivity contribution is -0.129. The Bertz CT molecular complexity index is 97.2. The summed E-state index contributed by atoms with van der Waals surface area (Å²) in [6.07, 6.45) is -5.08. The van der Waals surface area contributed by atoms with Gasteiger partial charge in [0.1, 0.15) is 0 Å². The van der Waals surface area contributed by atoms with Gasteiger partial charge in [-0.05, 0) is 0 Å². The fraction of sp³-hybridized carbons (Fsp3) is 0.333. The Hall–Kier alpha value is -0.740. The highest BCUT2D eigenvalue weighted by molar-refractivity contribution is 5.83. The number of alkyl halides is 3. The molecule has 0 aliphatic rings. The standard InChI is InChI=1S/C3H3F3NO/c4-3(5,6)1-2(7)8/h1H,(H2,7,8). The molecule has 0 heterocycles. The first-order valence-corrected chi connectivity index (χ1v) is 1.64. The van der Waals surface area contributed by atoms with E-state index in [1.165, 1.54) is 0 Å². The molecule has 2 N–H and O–H groups in total. The second-order valence-corrected chi connectivity index (χ2v) is 1.09. The van der Waals surface area contributed by atoms with Crippen LogP contribution in [0, 0.1) is 6.42 Å². The minimum atomic E-state index is -4.58. The topological polar surface area (TPSA) is 43.1 Å². The summed E-state index contributed by atoms with van der Waals surface area (Å²) >= 11 is 0. The van der Waals surface area contributed by atoms with Crippen molar-refractivity contribution in [1.29, 1.82) is 0 Å². The molecule has 0 saturated heterocycles. The first-order chi connectivity index (χ1) is 3.42. The van der Waals surface area contributed by atoms with Gasteiger partial charge in [0.25, 0.3) is 0 Å². The van der Waals surface area contributed by atoms with Gasteiger partial charge in [-0.1, -0.05) is 0 Å². The smallest absolute Gasteiger partial charge is 0.369 e. The predicted molar refractivity (Wildman–Crippen MR) is 19.5 cm³/mol. The number of halogens is 3. The van der Waals surface area contributed by atoms with Crippen molar-refractivity contribution in [3.63, 3.8) is 0 Å². The third kappa shape index (κ3) is 5.26. The van der Waals surface area contributed by atoms with Gasteiger partial charge in [0.05, 0.1) is 0 Å². The van der Waals surface area contributed by atoms with E-state index in [2.05, 4.69) is 5.73 Å². The summed E-state index contributed by atoms with van der Waals surface area (Å²) in [5.74, 6) is -1.47. The van der Waals surface area contributed by atoms with Crippen LogP contribution in [0.4, 0.5) is 13.2 Å². The zero-order valence-corrected chi connectivity index (χ0v) is 3.70. The summed E-state index contributed by atoms with van der Waals surface area (Å²) in [6.45, 7) is 0. The predicted octanol–water partition coefficient (Wildman–Crippen LogP) is 0.238. The van der Waals surface area contributed by atoms with E-state index in [1.54, 1.807) is 0 Å². The largest absolute Gasteiger partial charge is 0.401 e. The van der Waals surface area contributed by atoms with Crippen molar-refractivity contribution >= 4 is 5.91 Å². The van der Waals surface area contributed by atoms with Crippen molar-refractivity contribution in [2.75, 3.05) is 0 Å². The van der Waals surface area contributed by atoms with Gasteiger partial charge in [0.2, 0.25) is 5.91 Å². The minimum absolute atomic E-state index is 0.507. The van der Waals surface area contributed by atoms with Gasteiger partial charge < -0.3 is 5.73 Å². The van der Waals surface area contributed by atoms with E-state index < -0.39 is 18.5 Å². The fourth-order valence-electron chi connectivity index (χ4n) is 0.161. The number of carbonyl (C=O) groups excluding carboxylic acids is 1. The van der Waals surface area contributed by atoms with E-state index in [1.807, 2.05) is 0 Å². The summed E-state index contributed by atoms with van der Waals surface area (Å²) in [5, 5.41) is 0. The van der Waals surface area contributed by atoms with Crippen molar-refractivity contribution in [2.24, 2.45) is 5.73 Å². The van der Waals surface area contributed by atoms with Gasteiger partial charge >= 0.3 is 6.18 Å². The lowest BCUT2D eigenvalue weighted by atomic mass is 10.4. The number of amides is 1. The molecular formula is C3H3F3NO. The maximum absolute atomic E-state index is 11.0. The van der Waals surface area contributed by atoms with E-state index in [4.69, 9.17) is 0 Å². The number of carbonyl (C=O) groups is 1. The molecule has 0 aromatic heterocycles. The van der Waals surface area contributed by atoms with Gasteiger partial charge in [-0.2, -0.15) is 13.2 Å². The Balaban J connectivity index is 3.55. The van der Waals surface area contributed by atoms with E-state index in [0.717, 1.165) is 0 Å². The Kier molecular flexibility index (Phi) is 1.83. The Morgan fingerprint density at radius 2 is 1.88 bits per heavy atom. The average Bonchev–Trinajstić information content (AvgIpc) is 1.21. The lowest BCUT2D eigenvalue weighted by Crippen LogP contribution is -2.22. The molecule has 0 saturated carbocycles. The normalized spacial score (nSPS) is 11.4. The highest BCUT2D eigenvalue weighted by atomic mass is 19.4. The maximum Gasteiger partial charge on any atom is 0.401 e. The number of nitrogens with two attached hydrogens (primary N) is 1. The zero-order chi connectivity index (χ0) is 6.78. The van der Waals surface area contributed by atoms with E-state index in [0.29, 0.717) is 0 Å². The quantitative estimate of drug-likeness (QED) is 0.537. The van der Waals surface area contributed by atoms with Gasteiger partial charge in [-0.25, -0.2) is 0 Å². The van der Waals surface area contributed by atoms with Gasteiger partial charge in [-0.15, -0.1) is 0 Å². The van der Waals surface area contributed by atoms with Crippen molar-refractivity contribution < 1.29 is 18.0 Å². The molecule has 0 atom stereocenters. The van der Waals surface area contributed by atoms with Crippen LogP contribution in [0.15, 0.2) is 0 Å². The minimum Gasteiger partial charge on any atom is -0.369 e. The molecule has 0 aromatic carbocycles. The summed E-state index contributed by atoms with van der Waals surface area (Å²) in [4.78, 5) is 9.46. The van der Waals surface area contributed by atoms with Crippen LogP contribution in [0.5, 0.6) is 0 Å². The van der Waals surface area contributed by atoms with Crippen LogP contribution < -0.4 is 5.73 Å². The second-order valence-electron chi connectivity index (χ2n) is 1.09. The number of primary amides is 1. The molecule has 0 fully saturated rings. The molecule has 1 radical (unpaired) electrons. The highest BCUT2D eigenvalue weighted by Crippen LogP contribution is 2.16. The van der Waals surface area contributed by atoms with Crippen LogP contribution in [-0.4, -0.2) is 12.1 Å². The SMILES string of the molecule is NC(=O)[CH]C(F)(F)F. The maximum atomic E-state index is 11.0. The molecule has 0 bridgehead atoms. The highest BCUT2D eigenvalue weighted by Gasteiger charge is 2.30. The monoisotopic (exact) mass is 126 g/mol. The second kappa shape index (κ2) is 2.02. The van der Waals surface area contributed by atoms with Gasteiger partial charge in [0.15, 0.2) is 6.42 Å². The molecule has 0 rings (SSSR count). The molecule has 47 valence electrons. The molecular weight excluding hydrogens is 123 g/mol. The molecule has 8 heavy (non-hydrogen) atoms. The average molecular weight is 126 g/mol. The lowest BCUT2D eigenvalue weighted by Gasteiger charge is -1.98. The molecule has 0 aliphatic heterocycles. The molecule has 0 unspecified atom stereocenters. The van der Waals surface area contributed by atoms with Crippen LogP contribution in [0.2, 0.25) is 0 Å².